The maximum atomic E-state index is 12.3. The highest BCUT2D eigenvalue weighted by Gasteiger charge is 2.16. The number of amides is 1. The van der Waals surface area contributed by atoms with Crippen molar-refractivity contribution in [1.29, 1.82) is 0 Å². The molecule has 0 spiro atoms. The first-order valence-electron chi connectivity index (χ1n) is 7.82. The topological polar surface area (TPSA) is 121 Å². The fourth-order valence-corrected chi connectivity index (χ4v) is 2.38. The molecule has 0 bridgehead atoms. The lowest BCUT2D eigenvalue weighted by molar-refractivity contribution is -0.116. The molecule has 2 heterocycles. The normalized spacial score (nSPS) is 10.7. The standard InChI is InChI=1S/C16H16N6O4/c1-3-26-16(25)10-6-4-5-7-11(10)18-12(23)8-22-9-17-14-13(15(22)24)19-20-21(14)2/h4-7,9H,3,8H2,1-2H3,(H,18,23). The largest absolute Gasteiger partial charge is 0.462 e. The van der Waals surface area contributed by atoms with E-state index in [1.165, 1.54) is 11.0 Å². The van der Waals surface area contributed by atoms with Gasteiger partial charge in [-0.3, -0.25) is 14.2 Å². The Morgan fingerprint density at radius 1 is 1.27 bits per heavy atom. The summed E-state index contributed by atoms with van der Waals surface area (Å²) in [6.07, 6.45) is 1.25. The molecule has 0 saturated heterocycles. The van der Waals surface area contributed by atoms with Crippen LogP contribution in [0.15, 0.2) is 35.4 Å². The molecule has 26 heavy (non-hydrogen) atoms. The summed E-state index contributed by atoms with van der Waals surface area (Å²) in [4.78, 5) is 40.7. The monoisotopic (exact) mass is 356 g/mol. The SMILES string of the molecule is CCOC(=O)c1ccccc1NC(=O)Cn1cnc2c(nnn2C)c1=O. The third kappa shape index (κ3) is 3.29. The summed E-state index contributed by atoms with van der Waals surface area (Å²) >= 11 is 0. The van der Waals surface area contributed by atoms with Gasteiger partial charge in [0.1, 0.15) is 12.9 Å². The summed E-state index contributed by atoms with van der Waals surface area (Å²) in [5, 5.41) is 10.1. The number of nitrogens with one attached hydrogen (secondary N) is 1. The Morgan fingerprint density at radius 3 is 2.81 bits per heavy atom. The molecule has 0 unspecified atom stereocenters. The molecule has 1 aromatic carbocycles. The van der Waals surface area contributed by atoms with E-state index in [4.69, 9.17) is 4.74 Å². The number of benzene rings is 1. The smallest absolute Gasteiger partial charge is 0.340 e. The zero-order chi connectivity index (χ0) is 18.7. The summed E-state index contributed by atoms with van der Waals surface area (Å²) in [7, 11) is 1.62. The first kappa shape index (κ1) is 17.3. The maximum absolute atomic E-state index is 12.3. The molecule has 2 aromatic heterocycles. The molecule has 1 amide bonds. The number of esters is 1. The van der Waals surface area contributed by atoms with Gasteiger partial charge in [0, 0.05) is 7.05 Å². The van der Waals surface area contributed by atoms with Gasteiger partial charge in [0.15, 0.2) is 11.2 Å². The van der Waals surface area contributed by atoms with E-state index >= 15 is 0 Å². The molecule has 0 fully saturated rings. The number of carbonyl (C=O) groups excluding carboxylic acids is 2. The van der Waals surface area contributed by atoms with Gasteiger partial charge >= 0.3 is 5.97 Å². The quantitative estimate of drug-likeness (QED) is 0.654. The van der Waals surface area contributed by atoms with Crippen molar-refractivity contribution in [3.05, 3.63) is 46.5 Å². The van der Waals surface area contributed by atoms with Crippen molar-refractivity contribution < 1.29 is 14.3 Å². The predicted octanol–water partition coefficient (Wildman–Crippen LogP) is 0.340. The molecule has 1 N–H and O–H groups in total. The lowest BCUT2D eigenvalue weighted by atomic mass is 10.2. The zero-order valence-electron chi connectivity index (χ0n) is 14.2. The Bertz CT molecular complexity index is 1040. The van der Waals surface area contributed by atoms with Gasteiger partial charge in [-0.25, -0.2) is 14.5 Å². The number of nitrogens with zero attached hydrogens (tertiary/aromatic N) is 5. The van der Waals surface area contributed by atoms with Crippen LogP contribution in [0.5, 0.6) is 0 Å². The number of para-hydroxylation sites is 1. The molecule has 0 atom stereocenters. The van der Waals surface area contributed by atoms with Crippen LogP contribution in [0.4, 0.5) is 5.69 Å². The molecule has 134 valence electrons. The van der Waals surface area contributed by atoms with E-state index < -0.39 is 17.4 Å². The van der Waals surface area contributed by atoms with Crippen molar-refractivity contribution in [2.75, 3.05) is 11.9 Å². The third-order valence-corrected chi connectivity index (χ3v) is 3.59. The van der Waals surface area contributed by atoms with Gasteiger partial charge in [0.05, 0.1) is 17.9 Å². The minimum absolute atomic E-state index is 0.0784. The Hall–Kier alpha value is -3.56. The van der Waals surface area contributed by atoms with Crippen LogP contribution in [0.25, 0.3) is 11.2 Å². The zero-order valence-corrected chi connectivity index (χ0v) is 14.2. The molecule has 3 rings (SSSR count). The fourth-order valence-electron chi connectivity index (χ4n) is 2.38. The number of hydrogen-bond acceptors (Lipinski definition) is 7. The van der Waals surface area contributed by atoms with E-state index in [1.807, 2.05) is 0 Å². The van der Waals surface area contributed by atoms with Crippen molar-refractivity contribution in [2.24, 2.45) is 7.05 Å². The van der Waals surface area contributed by atoms with Gasteiger partial charge in [-0.05, 0) is 19.1 Å². The second kappa shape index (κ2) is 7.13. The summed E-state index contributed by atoms with van der Waals surface area (Å²) in [5.74, 6) is -1.03. The van der Waals surface area contributed by atoms with Crippen LogP contribution in [-0.4, -0.2) is 43.0 Å². The number of aryl methyl sites for hydroxylation is 1. The number of fused-ring (bicyclic) bond motifs is 1. The van der Waals surface area contributed by atoms with Crippen molar-refractivity contribution in [3.8, 4) is 0 Å². The van der Waals surface area contributed by atoms with Crippen molar-refractivity contribution in [1.82, 2.24) is 24.5 Å². The van der Waals surface area contributed by atoms with E-state index in [1.54, 1.807) is 38.2 Å². The highest BCUT2D eigenvalue weighted by molar-refractivity contribution is 6.01. The van der Waals surface area contributed by atoms with E-state index in [9.17, 15) is 14.4 Å². The minimum atomic E-state index is -0.539. The second-order valence-electron chi connectivity index (χ2n) is 5.38. The second-order valence-corrected chi connectivity index (χ2v) is 5.38. The van der Waals surface area contributed by atoms with Crippen molar-refractivity contribution in [3.63, 3.8) is 0 Å². The van der Waals surface area contributed by atoms with Gasteiger partial charge in [-0.2, -0.15) is 0 Å². The number of rotatable bonds is 5. The first-order valence-corrected chi connectivity index (χ1v) is 7.82. The Balaban J connectivity index is 1.81. The lowest BCUT2D eigenvalue weighted by Crippen LogP contribution is -2.28. The van der Waals surface area contributed by atoms with Gasteiger partial charge in [0.25, 0.3) is 5.56 Å². The average Bonchev–Trinajstić information content (AvgIpc) is 3.00. The van der Waals surface area contributed by atoms with Gasteiger partial charge in [-0.15, -0.1) is 5.10 Å². The molecule has 10 heteroatoms. The third-order valence-electron chi connectivity index (χ3n) is 3.59. The summed E-state index contributed by atoms with van der Waals surface area (Å²) in [6.45, 7) is 1.64. The maximum Gasteiger partial charge on any atom is 0.340 e. The van der Waals surface area contributed by atoms with E-state index in [2.05, 4.69) is 20.6 Å². The lowest BCUT2D eigenvalue weighted by Gasteiger charge is -2.11. The van der Waals surface area contributed by atoms with E-state index in [0.29, 0.717) is 11.3 Å². The molecule has 0 aliphatic carbocycles. The molecule has 10 nitrogen and oxygen atoms in total. The Morgan fingerprint density at radius 2 is 2.04 bits per heavy atom. The Labute approximate surface area is 147 Å². The molecule has 3 aromatic rings. The molecule has 0 aliphatic heterocycles. The molecular formula is C16H16N6O4. The van der Waals surface area contributed by atoms with Crippen LogP contribution >= 0.6 is 0 Å². The van der Waals surface area contributed by atoms with Crippen molar-refractivity contribution in [2.45, 2.75) is 13.5 Å². The van der Waals surface area contributed by atoms with Crippen LogP contribution < -0.4 is 10.9 Å². The number of hydrogen-bond donors (Lipinski definition) is 1. The average molecular weight is 356 g/mol. The number of carbonyl (C=O) groups is 2. The first-order chi connectivity index (χ1) is 12.5. The van der Waals surface area contributed by atoms with Crippen LogP contribution in [0, 0.1) is 0 Å². The van der Waals surface area contributed by atoms with Gasteiger partial charge in [0.2, 0.25) is 5.91 Å². The van der Waals surface area contributed by atoms with Crippen LogP contribution in [0.2, 0.25) is 0 Å². The predicted molar refractivity (Wildman–Crippen MR) is 91.6 cm³/mol. The minimum Gasteiger partial charge on any atom is -0.462 e. The summed E-state index contributed by atoms with van der Waals surface area (Å²) < 4.78 is 7.46. The van der Waals surface area contributed by atoms with E-state index in [-0.39, 0.29) is 24.2 Å². The summed E-state index contributed by atoms with van der Waals surface area (Å²) in [5.41, 5.74) is 0.473. The fraction of sp³-hybridized carbons (Fsp3) is 0.250. The highest BCUT2D eigenvalue weighted by atomic mass is 16.5. The van der Waals surface area contributed by atoms with Crippen LogP contribution in [0.3, 0.4) is 0 Å². The van der Waals surface area contributed by atoms with Crippen molar-refractivity contribution >= 4 is 28.7 Å². The molecular weight excluding hydrogens is 340 g/mol. The van der Waals surface area contributed by atoms with E-state index in [0.717, 1.165) is 4.57 Å². The molecule has 0 saturated carbocycles. The number of ether oxygens (including phenoxy) is 1. The molecule has 0 aliphatic rings. The van der Waals surface area contributed by atoms with Crippen LogP contribution in [-0.2, 0) is 23.1 Å². The van der Waals surface area contributed by atoms with Gasteiger partial charge in [-0.1, -0.05) is 17.3 Å². The number of aromatic nitrogens is 5. The Kier molecular flexibility index (Phi) is 4.74. The number of anilines is 1. The van der Waals surface area contributed by atoms with Gasteiger partial charge < -0.3 is 10.1 Å². The van der Waals surface area contributed by atoms with Crippen LogP contribution in [0.1, 0.15) is 17.3 Å². The highest BCUT2D eigenvalue weighted by Crippen LogP contribution is 2.16. The molecule has 0 radical (unpaired) electrons. The summed E-state index contributed by atoms with van der Waals surface area (Å²) in [6, 6.07) is 6.47.